The van der Waals surface area contributed by atoms with E-state index < -0.39 is 0 Å². The van der Waals surface area contributed by atoms with Crippen molar-refractivity contribution in [2.45, 2.75) is 32.4 Å². The molecule has 0 bridgehead atoms. The van der Waals surface area contributed by atoms with E-state index in [1.54, 1.807) is 11.8 Å². The highest BCUT2D eigenvalue weighted by atomic mass is 32.2. The van der Waals surface area contributed by atoms with Gasteiger partial charge >= 0.3 is 0 Å². The van der Waals surface area contributed by atoms with E-state index in [4.69, 9.17) is 5.11 Å². The van der Waals surface area contributed by atoms with Crippen molar-refractivity contribution >= 4 is 17.5 Å². The Morgan fingerprint density at radius 1 is 1.28 bits per heavy atom. The SMILES string of the molecule is CCc1ccc(C(=O)C(C)SCC(C)CO)cc1. The molecule has 1 rings (SSSR count). The van der Waals surface area contributed by atoms with E-state index in [0.29, 0.717) is 0 Å². The standard InChI is InChI=1S/C15H22O2S/c1-4-13-5-7-14(8-6-13)15(17)12(3)18-10-11(2)9-16/h5-8,11-12,16H,4,9-10H2,1-3H3. The minimum absolute atomic E-state index is 0.0496. The van der Waals surface area contributed by atoms with Crippen molar-refractivity contribution in [1.29, 1.82) is 0 Å². The second-order valence-electron chi connectivity index (χ2n) is 4.68. The third-order valence-electron chi connectivity index (χ3n) is 2.96. The van der Waals surface area contributed by atoms with Gasteiger partial charge in [0.25, 0.3) is 0 Å². The fourth-order valence-electron chi connectivity index (χ4n) is 1.58. The molecule has 0 saturated carbocycles. The molecule has 0 heterocycles. The van der Waals surface area contributed by atoms with Crippen molar-refractivity contribution in [3.05, 3.63) is 35.4 Å². The number of ketones is 1. The lowest BCUT2D eigenvalue weighted by molar-refractivity contribution is 0.0994. The second-order valence-corrected chi connectivity index (χ2v) is 6.05. The smallest absolute Gasteiger partial charge is 0.175 e. The monoisotopic (exact) mass is 266 g/mol. The van der Waals surface area contributed by atoms with E-state index in [1.165, 1.54) is 5.56 Å². The van der Waals surface area contributed by atoms with Crippen LogP contribution in [0.5, 0.6) is 0 Å². The van der Waals surface area contributed by atoms with Crippen LogP contribution in [0, 0.1) is 5.92 Å². The molecular formula is C15H22O2S. The summed E-state index contributed by atoms with van der Waals surface area (Å²) < 4.78 is 0. The van der Waals surface area contributed by atoms with Crippen LogP contribution in [0.4, 0.5) is 0 Å². The molecule has 0 amide bonds. The van der Waals surface area contributed by atoms with Gasteiger partial charge in [0, 0.05) is 12.2 Å². The van der Waals surface area contributed by atoms with Gasteiger partial charge < -0.3 is 5.11 Å². The first-order valence-electron chi connectivity index (χ1n) is 6.44. The molecule has 0 aliphatic heterocycles. The quantitative estimate of drug-likeness (QED) is 0.770. The average Bonchev–Trinajstić information content (AvgIpc) is 2.43. The number of benzene rings is 1. The van der Waals surface area contributed by atoms with E-state index in [0.717, 1.165) is 17.7 Å². The molecule has 18 heavy (non-hydrogen) atoms. The summed E-state index contributed by atoms with van der Waals surface area (Å²) in [4.78, 5) is 12.2. The maximum absolute atomic E-state index is 12.2. The molecule has 100 valence electrons. The minimum atomic E-state index is -0.0496. The van der Waals surface area contributed by atoms with Crippen molar-refractivity contribution in [3.63, 3.8) is 0 Å². The molecule has 0 aliphatic rings. The highest BCUT2D eigenvalue weighted by Gasteiger charge is 2.16. The first kappa shape index (κ1) is 15.3. The summed E-state index contributed by atoms with van der Waals surface area (Å²) in [7, 11) is 0. The number of aliphatic hydroxyl groups excluding tert-OH is 1. The largest absolute Gasteiger partial charge is 0.396 e. The van der Waals surface area contributed by atoms with Crippen LogP contribution >= 0.6 is 11.8 Å². The number of hydrogen-bond donors (Lipinski definition) is 1. The fraction of sp³-hybridized carbons (Fsp3) is 0.533. The molecule has 2 atom stereocenters. The van der Waals surface area contributed by atoms with Gasteiger partial charge in [0.15, 0.2) is 5.78 Å². The van der Waals surface area contributed by atoms with Gasteiger partial charge in [0.05, 0.1) is 5.25 Å². The summed E-state index contributed by atoms with van der Waals surface area (Å²) >= 11 is 1.61. The normalized spacial score (nSPS) is 14.2. The molecule has 0 saturated heterocycles. The third kappa shape index (κ3) is 4.46. The molecule has 0 aliphatic carbocycles. The van der Waals surface area contributed by atoms with Gasteiger partial charge in [-0.1, -0.05) is 38.1 Å². The van der Waals surface area contributed by atoms with E-state index in [2.05, 4.69) is 6.92 Å². The minimum Gasteiger partial charge on any atom is -0.396 e. The Morgan fingerprint density at radius 3 is 2.39 bits per heavy atom. The van der Waals surface area contributed by atoms with Gasteiger partial charge in [-0.15, -0.1) is 0 Å². The number of aliphatic hydroxyl groups is 1. The number of aryl methyl sites for hydroxylation is 1. The zero-order valence-corrected chi connectivity index (χ0v) is 12.2. The highest BCUT2D eigenvalue weighted by molar-refractivity contribution is 8.00. The number of hydrogen-bond acceptors (Lipinski definition) is 3. The first-order valence-corrected chi connectivity index (χ1v) is 7.49. The Balaban J connectivity index is 2.56. The number of carbonyl (C=O) groups excluding carboxylic acids is 1. The molecule has 0 fully saturated rings. The fourth-order valence-corrected chi connectivity index (χ4v) is 2.59. The molecule has 2 nitrogen and oxygen atoms in total. The zero-order valence-electron chi connectivity index (χ0n) is 11.3. The Labute approximate surface area is 114 Å². The molecule has 1 N–H and O–H groups in total. The van der Waals surface area contributed by atoms with Gasteiger partial charge in [-0.3, -0.25) is 4.79 Å². The Hall–Kier alpha value is -0.800. The lowest BCUT2D eigenvalue weighted by atomic mass is 10.1. The van der Waals surface area contributed by atoms with Gasteiger partial charge in [-0.2, -0.15) is 11.8 Å². The van der Waals surface area contributed by atoms with Crippen molar-refractivity contribution in [2.24, 2.45) is 5.92 Å². The third-order valence-corrected chi connectivity index (χ3v) is 4.43. The molecule has 0 aromatic heterocycles. The number of thioether (sulfide) groups is 1. The van der Waals surface area contributed by atoms with E-state index in [-0.39, 0.29) is 23.6 Å². The Morgan fingerprint density at radius 2 is 1.89 bits per heavy atom. The van der Waals surface area contributed by atoms with Crippen LogP contribution in [0.3, 0.4) is 0 Å². The summed E-state index contributed by atoms with van der Waals surface area (Å²) in [6.07, 6.45) is 0.993. The van der Waals surface area contributed by atoms with E-state index in [1.807, 2.05) is 38.1 Å². The highest BCUT2D eigenvalue weighted by Crippen LogP contribution is 2.19. The lowest BCUT2D eigenvalue weighted by Gasteiger charge is -2.13. The zero-order chi connectivity index (χ0) is 13.5. The summed E-state index contributed by atoms with van der Waals surface area (Å²) in [5.74, 6) is 1.23. The predicted molar refractivity (Wildman–Crippen MR) is 78.3 cm³/mol. The maximum atomic E-state index is 12.2. The molecule has 1 aromatic rings. The van der Waals surface area contributed by atoms with E-state index in [9.17, 15) is 4.79 Å². The lowest BCUT2D eigenvalue weighted by Crippen LogP contribution is -2.16. The first-order chi connectivity index (χ1) is 8.58. The number of carbonyl (C=O) groups is 1. The van der Waals surface area contributed by atoms with Gasteiger partial charge in [0.1, 0.15) is 0 Å². The molecule has 0 spiro atoms. The van der Waals surface area contributed by atoms with Crippen LogP contribution in [0.25, 0.3) is 0 Å². The van der Waals surface area contributed by atoms with Crippen molar-refractivity contribution in [1.82, 2.24) is 0 Å². The Bertz CT molecular complexity index is 373. The molecule has 3 heteroatoms. The molecular weight excluding hydrogens is 244 g/mol. The topological polar surface area (TPSA) is 37.3 Å². The molecule has 2 unspecified atom stereocenters. The van der Waals surface area contributed by atoms with Crippen LogP contribution in [0.15, 0.2) is 24.3 Å². The second kappa shape index (κ2) is 7.59. The van der Waals surface area contributed by atoms with Crippen molar-refractivity contribution < 1.29 is 9.90 Å². The predicted octanol–water partition coefficient (Wildman–Crippen LogP) is 3.18. The number of rotatable bonds is 7. The Kier molecular flexibility index (Phi) is 6.44. The van der Waals surface area contributed by atoms with Gasteiger partial charge in [-0.25, -0.2) is 0 Å². The van der Waals surface area contributed by atoms with Gasteiger partial charge in [0.2, 0.25) is 0 Å². The van der Waals surface area contributed by atoms with Crippen molar-refractivity contribution in [2.75, 3.05) is 12.4 Å². The average molecular weight is 266 g/mol. The van der Waals surface area contributed by atoms with Gasteiger partial charge in [-0.05, 0) is 30.6 Å². The molecule has 1 aromatic carbocycles. The van der Waals surface area contributed by atoms with Crippen LogP contribution in [-0.2, 0) is 6.42 Å². The van der Waals surface area contributed by atoms with Crippen LogP contribution in [0.1, 0.15) is 36.7 Å². The van der Waals surface area contributed by atoms with Crippen LogP contribution in [-0.4, -0.2) is 28.5 Å². The summed E-state index contributed by atoms with van der Waals surface area (Å²) in [6.45, 7) is 6.20. The maximum Gasteiger partial charge on any atom is 0.175 e. The van der Waals surface area contributed by atoms with Crippen molar-refractivity contribution in [3.8, 4) is 0 Å². The van der Waals surface area contributed by atoms with Crippen LogP contribution in [0.2, 0.25) is 0 Å². The van der Waals surface area contributed by atoms with Crippen LogP contribution < -0.4 is 0 Å². The van der Waals surface area contributed by atoms with E-state index >= 15 is 0 Å². The molecule has 0 radical (unpaired) electrons. The summed E-state index contributed by atoms with van der Waals surface area (Å²) in [5, 5.41) is 8.91. The summed E-state index contributed by atoms with van der Waals surface area (Å²) in [5.41, 5.74) is 2.03. The summed E-state index contributed by atoms with van der Waals surface area (Å²) in [6, 6.07) is 7.85. The number of Topliss-reactive ketones (excluding diaryl/α,β-unsaturated/α-hetero) is 1.